The Morgan fingerprint density at radius 1 is 1.54 bits per heavy atom. The van der Waals surface area contributed by atoms with Crippen molar-refractivity contribution < 1.29 is 14.4 Å². The maximum atomic E-state index is 11.0. The first-order valence-electron chi connectivity index (χ1n) is 4.02. The van der Waals surface area contributed by atoms with E-state index < -0.39 is 12.0 Å². The molecule has 0 aliphatic carbocycles. The fraction of sp³-hybridized carbons (Fsp3) is 0.500. The van der Waals surface area contributed by atoms with Crippen LogP contribution in [-0.4, -0.2) is 12.0 Å². The van der Waals surface area contributed by atoms with Gasteiger partial charge in [0.05, 0.1) is 0 Å². The van der Waals surface area contributed by atoms with Crippen molar-refractivity contribution in [2.45, 2.75) is 26.2 Å². The van der Waals surface area contributed by atoms with Gasteiger partial charge in [-0.2, -0.15) is 5.48 Å². The number of carbonyl (C=O) groups excluding carboxylic acids is 2. The number of hydrogen-bond acceptors (Lipinski definition) is 3. The van der Waals surface area contributed by atoms with Crippen LogP contribution >= 0.6 is 0 Å². The second kappa shape index (κ2) is 6.05. The first kappa shape index (κ1) is 11.5. The lowest BCUT2D eigenvalue weighted by Gasteiger charge is -2.04. The third kappa shape index (κ3) is 5.72. The molecule has 0 aliphatic rings. The molecule has 0 aromatic rings. The van der Waals surface area contributed by atoms with Crippen molar-refractivity contribution in [1.29, 1.82) is 0 Å². The Bertz CT molecular complexity index is 213. The standard InChI is InChI=1S/C8H14N2O3/c1-3-4-5-6(2)7(11)13-10-8(9)12/h2-5H2,1H3,(H3,9,10,12). The van der Waals surface area contributed by atoms with E-state index in [2.05, 4.69) is 17.2 Å². The maximum absolute atomic E-state index is 11.0. The molecular formula is C8H14N2O3. The molecular weight excluding hydrogens is 172 g/mol. The van der Waals surface area contributed by atoms with E-state index in [1.54, 1.807) is 5.48 Å². The largest absolute Gasteiger partial charge is 0.358 e. The number of primary amides is 1. The number of unbranched alkanes of at least 4 members (excludes halogenated alkanes) is 1. The number of nitrogens with one attached hydrogen (secondary N) is 1. The number of hydrogen-bond donors (Lipinski definition) is 2. The Labute approximate surface area is 76.9 Å². The van der Waals surface area contributed by atoms with E-state index in [4.69, 9.17) is 0 Å². The zero-order valence-electron chi connectivity index (χ0n) is 7.63. The monoisotopic (exact) mass is 186 g/mol. The molecule has 0 saturated heterocycles. The first-order chi connectivity index (χ1) is 6.07. The Hall–Kier alpha value is -1.52. The fourth-order valence-corrected chi connectivity index (χ4v) is 0.661. The SMILES string of the molecule is C=C(CCCC)C(=O)ONC(N)=O. The van der Waals surface area contributed by atoms with Gasteiger partial charge in [0.1, 0.15) is 0 Å². The summed E-state index contributed by atoms with van der Waals surface area (Å²) < 4.78 is 0. The average molecular weight is 186 g/mol. The molecule has 0 fully saturated rings. The highest BCUT2D eigenvalue weighted by Gasteiger charge is 2.08. The number of rotatable bonds is 4. The van der Waals surface area contributed by atoms with E-state index in [9.17, 15) is 9.59 Å². The molecule has 74 valence electrons. The first-order valence-corrected chi connectivity index (χ1v) is 4.02. The molecule has 0 aromatic heterocycles. The van der Waals surface area contributed by atoms with Crippen LogP contribution in [0.25, 0.3) is 0 Å². The number of amides is 2. The van der Waals surface area contributed by atoms with Crippen LogP contribution in [0.15, 0.2) is 12.2 Å². The minimum absolute atomic E-state index is 0.329. The molecule has 0 rings (SSSR count). The summed E-state index contributed by atoms with van der Waals surface area (Å²) in [5, 5.41) is 0. The fourth-order valence-electron chi connectivity index (χ4n) is 0.661. The normalized spacial score (nSPS) is 9.00. The molecule has 3 N–H and O–H groups in total. The topological polar surface area (TPSA) is 81.4 Å². The van der Waals surface area contributed by atoms with Crippen molar-refractivity contribution in [3.8, 4) is 0 Å². The van der Waals surface area contributed by atoms with Crippen LogP contribution in [0.3, 0.4) is 0 Å². The van der Waals surface area contributed by atoms with Gasteiger partial charge < -0.3 is 10.6 Å². The molecule has 0 radical (unpaired) electrons. The van der Waals surface area contributed by atoms with E-state index in [0.29, 0.717) is 12.0 Å². The molecule has 0 atom stereocenters. The summed E-state index contributed by atoms with van der Waals surface area (Å²) in [5.74, 6) is -0.646. The molecule has 13 heavy (non-hydrogen) atoms. The summed E-state index contributed by atoms with van der Waals surface area (Å²) in [6, 6.07) is -0.906. The lowest BCUT2D eigenvalue weighted by molar-refractivity contribution is -0.143. The minimum atomic E-state index is -0.906. The average Bonchev–Trinajstić information content (AvgIpc) is 2.10. The van der Waals surface area contributed by atoms with Gasteiger partial charge in [-0.1, -0.05) is 19.9 Å². The number of carbonyl (C=O) groups is 2. The predicted molar refractivity (Wildman–Crippen MR) is 47.5 cm³/mol. The summed E-state index contributed by atoms with van der Waals surface area (Å²) >= 11 is 0. The summed E-state index contributed by atoms with van der Waals surface area (Å²) in [6.45, 7) is 5.50. The summed E-state index contributed by atoms with van der Waals surface area (Å²) in [6.07, 6.45) is 2.40. The molecule has 0 aliphatic heterocycles. The van der Waals surface area contributed by atoms with Gasteiger partial charge in [0.25, 0.3) is 0 Å². The van der Waals surface area contributed by atoms with Gasteiger partial charge in [0.2, 0.25) is 0 Å². The van der Waals surface area contributed by atoms with Crippen molar-refractivity contribution in [2.75, 3.05) is 0 Å². The van der Waals surface area contributed by atoms with Crippen molar-refractivity contribution in [3.63, 3.8) is 0 Å². The van der Waals surface area contributed by atoms with Gasteiger partial charge in [0.15, 0.2) is 0 Å². The van der Waals surface area contributed by atoms with E-state index in [-0.39, 0.29) is 0 Å². The lowest BCUT2D eigenvalue weighted by atomic mass is 10.1. The van der Waals surface area contributed by atoms with E-state index in [1.165, 1.54) is 0 Å². The molecule has 5 heteroatoms. The lowest BCUT2D eigenvalue weighted by Crippen LogP contribution is -2.32. The van der Waals surface area contributed by atoms with Crippen LogP contribution in [0, 0.1) is 0 Å². The van der Waals surface area contributed by atoms with Crippen LogP contribution in [0.1, 0.15) is 26.2 Å². The van der Waals surface area contributed by atoms with Crippen LogP contribution in [0.5, 0.6) is 0 Å². The maximum Gasteiger partial charge on any atom is 0.358 e. The quantitative estimate of drug-likeness (QED) is 0.504. The predicted octanol–water partition coefficient (Wildman–Crippen LogP) is 0.859. The van der Waals surface area contributed by atoms with Crippen LogP contribution < -0.4 is 11.2 Å². The molecule has 5 nitrogen and oxygen atoms in total. The Balaban J connectivity index is 3.70. The third-order valence-electron chi connectivity index (χ3n) is 1.37. The van der Waals surface area contributed by atoms with Crippen molar-refractivity contribution in [2.24, 2.45) is 5.73 Å². The summed E-state index contributed by atoms with van der Waals surface area (Å²) in [4.78, 5) is 25.4. The van der Waals surface area contributed by atoms with E-state index in [1.807, 2.05) is 6.92 Å². The van der Waals surface area contributed by atoms with Gasteiger partial charge >= 0.3 is 12.0 Å². The molecule has 0 spiro atoms. The second-order valence-electron chi connectivity index (χ2n) is 2.56. The second-order valence-corrected chi connectivity index (χ2v) is 2.56. The summed E-state index contributed by atoms with van der Waals surface area (Å²) in [7, 11) is 0. The molecule has 0 saturated carbocycles. The highest BCUT2D eigenvalue weighted by Crippen LogP contribution is 2.05. The van der Waals surface area contributed by atoms with Gasteiger partial charge in [-0.05, 0) is 12.8 Å². The molecule has 0 bridgehead atoms. The Morgan fingerprint density at radius 3 is 2.62 bits per heavy atom. The smallest absolute Gasteiger partial charge is 0.349 e. The number of hydroxylamine groups is 1. The highest BCUT2D eigenvalue weighted by atomic mass is 16.7. The summed E-state index contributed by atoms with van der Waals surface area (Å²) in [5.41, 5.74) is 6.74. The third-order valence-corrected chi connectivity index (χ3v) is 1.37. The zero-order chi connectivity index (χ0) is 10.3. The molecule has 0 heterocycles. The molecule has 0 aromatic carbocycles. The van der Waals surface area contributed by atoms with Crippen LogP contribution in [0.4, 0.5) is 4.79 Å². The Morgan fingerprint density at radius 2 is 2.15 bits per heavy atom. The number of urea groups is 1. The minimum Gasteiger partial charge on any atom is -0.349 e. The van der Waals surface area contributed by atoms with Gasteiger partial charge in [-0.25, -0.2) is 9.59 Å². The zero-order valence-corrected chi connectivity index (χ0v) is 7.63. The Kier molecular flexibility index (Phi) is 5.34. The van der Waals surface area contributed by atoms with Crippen molar-refractivity contribution >= 4 is 12.0 Å². The van der Waals surface area contributed by atoms with E-state index in [0.717, 1.165) is 12.8 Å². The van der Waals surface area contributed by atoms with Crippen LogP contribution in [-0.2, 0) is 9.63 Å². The molecule has 2 amide bonds. The van der Waals surface area contributed by atoms with Gasteiger partial charge in [-0.3, -0.25) is 0 Å². The van der Waals surface area contributed by atoms with Crippen LogP contribution in [0.2, 0.25) is 0 Å². The van der Waals surface area contributed by atoms with Gasteiger partial charge in [0, 0.05) is 5.57 Å². The van der Waals surface area contributed by atoms with E-state index >= 15 is 0 Å². The van der Waals surface area contributed by atoms with Crippen molar-refractivity contribution in [1.82, 2.24) is 5.48 Å². The van der Waals surface area contributed by atoms with Gasteiger partial charge in [-0.15, -0.1) is 0 Å². The molecule has 0 unspecified atom stereocenters. The number of nitrogens with two attached hydrogens (primary N) is 1. The van der Waals surface area contributed by atoms with Crippen molar-refractivity contribution in [3.05, 3.63) is 12.2 Å². The highest BCUT2D eigenvalue weighted by molar-refractivity contribution is 5.88.